The van der Waals surface area contributed by atoms with Crippen LogP contribution in [0.3, 0.4) is 0 Å². The number of likely N-dealkylation sites (N-methyl/N-ethyl adjacent to an activating group) is 1. The number of halogens is 1. The lowest BCUT2D eigenvalue weighted by molar-refractivity contribution is 0.394. The zero-order valence-electron chi connectivity index (χ0n) is 10.2. The molecule has 0 aliphatic rings. The smallest absolute Gasteiger partial charge is 0.243 e. The van der Waals surface area contributed by atoms with Crippen molar-refractivity contribution in [1.29, 1.82) is 5.26 Å². The number of nitrogens with zero attached hydrogens (tertiary/aromatic N) is 2. The van der Waals surface area contributed by atoms with E-state index in [0.29, 0.717) is 5.56 Å². The van der Waals surface area contributed by atoms with Crippen molar-refractivity contribution in [3.05, 3.63) is 29.8 Å². The summed E-state index contributed by atoms with van der Waals surface area (Å²) in [5.41, 5.74) is 5.87. The van der Waals surface area contributed by atoms with E-state index in [2.05, 4.69) is 0 Å². The molecule has 1 aromatic carbocycles. The Kier molecular flexibility index (Phi) is 6.29. The molecule has 0 amide bonds. The number of sulfonamides is 1. The first-order chi connectivity index (χ1) is 7.93. The maximum Gasteiger partial charge on any atom is 0.243 e. The monoisotopic (exact) mass is 289 g/mol. The highest BCUT2D eigenvalue weighted by molar-refractivity contribution is 7.89. The van der Waals surface area contributed by atoms with Gasteiger partial charge in [-0.1, -0.05) is 0 Å². The molecule has 2 N–H and O–H groups in total. The molecule has 0 saturated heterocycles. The van der Waals surface area contributed by atoms with E-state index < -0.39 is 10.0 Å². The maximum absolute atomic E-state index is 12.1. The molecule has 1 atom stereocenters. The zero-order valence-corrected chi connectivity index (χ0v) is 11.8. The summed E-state index contributed by atoms with van der Waals surface area (Å²) in [5.74, 6) is 0. The maximum atomic E-state index is 12.1. The summed E-state index contributed by atoms with van der Waals surface area (Å²) in [7, 11) is -2.04. The summed E-state index contributed by atoms with van der Waals surface area (Å²) in [5, 5.41) is 8.64. The number of hydrogen-bond donors (Lipinski definition) is 1. The van der Waals surface area contributed by atoms with Crippen LogP contribution >= 0.6 is 12.4 Å². The van der Waals surface area contributed by atoms with Crippen LogP contribution in [0.5, 0.6) is 0 Å². The van der Waals surface area contributed by atoms with Gasteiger partial charge in [0.15, 0.2) is 0 Å². The van der Waals surface area contributed by atoms with E-state index in [1.54, 1.807) is 6.92 Å². The fourth-order valence-electron chi connectivity index (χ4n) is 1.25. The predicted octanol–water partition coefficient (Wildman–Crippen LogP) is 0.948. The second kappa shape index (κ2) is 6.71. The second-order valence-corrected chi connectivity index (χ2v) is 5.74. The van der Waals surface area contributed by atoms with Gasteiger partial charge in [-0.15, -0.1) is 12.4 Å². The van der Waals surface area contributed by atoms with E-state index in [1.165, 1.54) is 35.6 Å². The third-order valence-electron chi connectivity index (χ3n) is 2.62. The van der Waals surface area contributed by atoms with Crippen LogP contribution in [0.1, 0.15) is 12.5 Å². The van der Waals surface area contributed by atoms with Gasteiger partial charge >= 0.3 is 0 Å². The summed E-state index contributed by atoms with van der Waals surface area (Å²) in [6.45, 7) is 1.99. The van der Waals surface area contributed by atoms with Crippen LogP contribution in [0.25, 0.3) is 0 Å². The van der Waals surface area contributed by atoms with E-state index in [0.717, 1.165) is 0 Å². The molecule has 100 valence electrons. The van der Waals surface area contributed by atoms with Crippen LogP contribution in [0.4, 0.5) is 0 Å². The fraction of sp³-hybridized carbons (Fsp3) is 0.364. The van der Waals surface area contributed by atoms with Crippen molar-refractivity contribution in [2.45, 2.75) is 17.9 Å². The highest BCUT2D eigenvalue weighted by Crippen LogP contribution is 2.16. The Bertz CT molecular complexity index is 522. The lowest BCUT2D eigenvalue weighted by Crippen LogP contribution is -2.39. The van der Waals surface area contributed by atoms with Gasteiger partial charge in [0.25, 0.3) is 0 Å². The Hall–Kier alpha value is -1.13. The van der Waals surface area contributed by atoms with Gasteiger partial charge in [-0.3, -0.25) is 0 Å². The third kappa shape index (κ3) is 3.43. The summed E-state index contributed by atoms with van der Waals surface area (Å²) < 4.78 is 25.5. The molecule has 7 heteroatoms. The molecular formula is C11H16ClN3O2S. The Morgan fingerprint density at radius 3 is 2.28 bits per heavy atom. The van der Waals surface area contributed by atoms with Gasteiger partial charge in [0.05, 0.1) is 16.5 Å². The van der Waals surface area contributed by atoms with Crippen LogP contribution in [-0.4, -0.2) is 32.4 Å². The van der Waals surface area contributed by atoms with E-state index in [-0.39, 0.29) is 29.9 Å². The van der Waals surface area contributed by atoms with E-state index in [4.69, 9.17) is 11.0 Å². The van der Waals surface area contributed by atoms with Crippen molar-refractivity contribution in [1.82, 2.24) is 4.31 Å². The van der Waals surface area contributed by atoms with Crippen molar-refractivity contribution < 1.29 is 8.42 Å². The van der Waals surface area contributed by atoms with Gasteiger partial charge in [0.2, 0.25) is 10.0 Å². The molecule has 1 aromatic rings. The minimum atomic E-state index is -3.53. The molecule has 0 aliphatic carbocycles. The van der Waals surface area contributed by atoms with Crippen molar-refractivity contribution >= 4 is 22.4 Å². The Balaban J connectivity index is 0.00000289. The molecule has 0 fully saturated rings. The molecule has 0 bridgehead atoms. The fourth-order valence-corrected chi connectivity index (χ4v) is 2.63. The highest BCUT2D eigenvalue weighted by atomic mass is 35.5. The van der Waals surface area contributed by atoms with Crippen LogP contribution < -0.4 is 5.73 Å². The van der Waals surface area contributed by atoms with Crippen molar-refractivity contribution in [2.24, 2.45) is 5.73 Å². The normalized spacial score (nSPS) is 12.6. The standard InChI is InChI=1S/C11H15N3O2S.ClH/c1-9(7-12)14(2)17(15,16)11-5-3-10(8-13)4-6-11;/h3-6,9H,7,12H2,1-2H3;1H. The average Bonchev–Trinajstić information content (AvgIpc) is 2.36. The minimum absolute atomic E-state index is 0. The average molecular weight is 290 g/mol. The molecule has 0 aliphatic heterocycles. The second-order valence-electron chi connectivity index (χ2n) is 3.74. The zero-order chi connectivity index (χ0) is 13.1. The van der Waals surface area contributed by atoms with Gasteiger partial charge in [0, 0.05) is 19.6 Å². The molecular weight excluding hydrogens is 274 g/mol. The van der Waals surface area contributed by atoms with E-state index in [1.807, 2.05) is 6.07 Å². The molecule has 0 spiro atoms. The molecule has 18 heavy (non-hydrogen) atoms. The number of rotatable bonds is 4. The first-order valence-electron chi connectivity index (χ1n) is 5.11. The van der Waals surface area contributed by atoms with Crippen molar-refractivity contribution in [3.63, 3.8) is 0 Å². The minimum Gasteiger partial charge on any atom is -0.329 e. The van der Waals surface area contributed by atoms with Gasteiger partial charge in [-0.2, -0.15) is 9.57 Å². The van der Waals surface area contributed by atoms with E-state index in [9.17, 15) is 8.42 Å². The van der Waals surface area contributed by atoms with Crippen LogP contribution in [0.15, 0.2) is 29.2 Å². The molecule has 0 radical (unpaired) electrons. The Labute approximate surface area is 114 Å². The summed E-state index contributed by atoms with van der Waals surface area (Å²) in [6, 6.07) is 7.48. The number of benzene rings is 1. The number of nitriles is 1. The van der Waals surface area contributed by atoms with Gasteiger partial charge in [-0.25, -0.2) is 8.42 Å². The molecule has 5 nitrogen and oxygen atoms in total. The van der Waals surface area contributed by atoms with Gasteiger partial charge in [-0.05, 0) is 31.2 Å². The number of hydrogen-bond acceptors (Lipinski definition) is 4. The lowest BCUT2D eigenvalue weighted by Gasteiger charge is -2.22. The third-order valence-corrected chi connectivity index (χ3v) is 4.61. The SMILES string of the molecule is CC(CN)N(C)S(=O)(=O)c1ccc(C#N)cc1.Cl. The largest absolute Gasteiger partial charge is 0.329 e. The highest BCUT2D eigenvalue weighted by Gasteiger charge is 2.24. The summed E-state index contributed by atoms with van der Waals surface area (Å²) >= 11 is 0. The summed E-state index contributed by atoms with van der Waals surface area (Å²) in [6.07, 6.45) is 0. The first-order valence-corrected chi connectivity index (χ1v) is 6.55. The van der Waals surface area contributed by atoms with Gasteiger partial charge in [0.1, 0.15) is 0 Å². The Morgan fingerprint density at radius 2 is 1.89 bits per heavy atom. The predicted molar refractivity (Wildman–Crippen MR) is 71.9 cm³/mol. The van der Waals surface area contributed by atoms with Crippen LogP contribution in [-0.2, 0) is 10.0 Å². The first kappa shape index (κ1) is 16.9. The van der Waals surface area contributed by atoms with Crippen molar-refractivity contribution in [3.8, 4) is 6.07 Å². The molecule has 1 unspecified atom stereocenters. The lowest BCUT2D eigenvalue weighted by atomic mass is 10.2. The van der Waals surface area contributed by atoms with Gasteiger partial charge < -0.3 is 5.73 Å². The molecule has 0 heterocycles. The van der Waals surface area contributed by atoms with E-state index >= 15 is 0 Å². The summed E-state index contributed by atoms with van der Waals surface area (Å²) in [4.78, 5) is 0.166. The van der Waals surface area contributed by atoms with Crippen molar-refractivity contribution in [2.75, 3.05) is 13.6 Å². The van der Waals surface area contributed by atoms with Crippen LogP contribution in [0, 0.1) is 11.3 Å². The Morgan fingerprint density at radius 1 is 1.39 bits per heavy atom. The molecule has 0 aromatic heterocycles. The quantitative estimate of drug-likeness (QED) is 0.894. The molecule has 0 saturated carbocycles. The van der Waals surface area contributed by atoms with Crippen LogP contribution in [0.2, 0.25) is 0 Å². The molecule has 1 rings (SSSR count). The topological polar surface area (TPSA) is 87.2 Å². The number of nitrogens with two attached hydrogens (primary N) is 1.